The second-order valence-electron chi connectivity index (χ2n) is 5.95. The zero-order chi connectivity index (χ0) is 17.8. The average molecular weight is 340 g/mol. The van der Waals surface area contributed by atoms with Crippen molar-refractivity contribution in [3.8, 4) is 0 Å². The zero-order valence-corrected chi connectivity index (χ0v) is 14.0. The van der Waals surface area contributed by atoms with E-state index in [1.807, 2.05) is 19.1 Å². The van der Waals surface area contributed by atoms with E-state index in [2.05, 4.69) is 15.3 Å². The summed E-state index contributed by atoms with van der Waals surface area (Å²) < 4.78 is 0. The second kappa shape index (κ2) is 7.29. The van der Waals surface area contributed by atoms with Crippen molar-refractivity contribution in [2.24, 2.45) is 0 Å². The highest BCUT2D eigenvalue weighted by atomic mass is 16.4. The number of nitrogens with one attached hydrogen (secondary N) is 1. The zero-order valence-electron chi connectivity index (χ0n) is 14.0. The van der Waals surface area contributed by atoms with Crippen molar-refractivity contribution in [3.05, 3.63) is 53.3 Å². The number of likely N-dealkylation sites (tertiary alicyclic amines) is 1. The van der Waals surface area contributed by atoms with E-state index in [-0.39, 0.29) is 11.8 Å². The molecule has 1 fully saturated rings. The Bertz CT molecular complexity index is 776. The van der Waals surface area contributed by atoms with E-state index in [0.717, 1.165) is 12.0 Å². The van der Waals surface area contributed by atoms with Crippen LogP contribution in [0, 0.1) is 0 Å². The molecule has 0 saturated carbocycles. The summed E-state index contributed by atoms with van der Waals surface area (Å²) in [4.78, 5) is 34.0. The van der Waals surface area contributed by atoms with Crippen LogP contribution in [0.5, 0.6) is 0 Å². The minimum Gasteiger partial charge on any atom is -0.478 e. The fourth-order valence-corrected chi connectivity index (χ4v) is 3.12. The number of anilines is 1. The number of hydrogen-bond acceptors (Lipinski definition) is 5. The standard InChI is InChI=1S/C18H20N4O3/c1-2-19-18-20-9-13(10-21-18)16(23)22-8-7-12(11-22)14-5-3-4-6-15(14)17(24)25/h3-6,9-10,12H,2,7-8,11H2,1H3,(H,24,25)(H,19,20,21)/t12-/m0/s1. The number of hydrogen-bond donors (Lipinski definition) is 2. The first kappa shape index (κ1) is 16.9. The summed E-state index contributed by atoms with van der Waals surface area (Å²) >= 11 is 0. The Balaban J connectivity index is 1.72. The van der Waals surface area contributed by atoms with Gasteiger partial charge in [0, 0.05) is 37.9 Å². The fraction of sp³-hybridized carbons (Fsp3) is 0.333. The van der Waals surface area contributed by atoms with Crippen molar-refractivity contribution in [1.82, 2.24) is 14.9 Å². The van der Waals surface area contributed by atoms with Crippen LogP contribution in [-0.4, -0.2) is 51.5 Å². The van der Waals surface area contributed by atoms with Crippen LogP contribution in [0.25, 0.3) is 0 Å². The minimum absolute atomic E-state index is 0.0261. The van der Waals surface area contributed by atoms with Gasteiger partial charge in [0.15, 0.2) is 0 Å². The van der Waals surface area contributed by atoms with Crippen LogP contribution in [0.15, 0.2) is 36.7 Å². The number of aromatic carboxylic acids is 1. The number of carboxylic acid groups (broad SMARTS) is 1. The highest BCUT2D eigenvalue weighted by Gasteiger charge is 2.30. The molecule has 1 aromatic heterocycles. The fourth-order valence-electron chi connectivity index (χ4n) is 3.12. The Kier molecular flexibility index (Phi) is 4.92. The van der Waals surface area contributed by atoms with Crippen LogP contribution < -0.4 is 5.32 Å². The lowest BCUT2D eigenvalue weighted by atomic mass is 9.93. The molecular formula is C18H20N4O3. The van der Waals surface area contributed by atoms with E-state index in [1.54, 1.807) is 17.0 Å². The van der Waals surface area contributed by atoms with Gasteiger partial charge in [-0.05, 0) is 25.0 Å². The molecule has 0 radical (unpaired) electrons. The number of rotatable bonds is 5. The van der Waals surface area contributed by atoms with Crippen molar-refractivity contribution in [1.29, 1.82) is 0 Å². The van der Waals surface area contributed by atoms with E-state index in [9.17, 15) is 14.7 Å². The van der Waals surface area contributed by atoms with Gasteiger partial charge in [0.25, 0.3) is 5.91 Å². The second-order valence-corrected chi connectivity index (χ2v) is 5.95. The molecule has 2 aromatic rings. The molecule has 1 saturated heterocycles. The molecule has 2 N–H and O–H groups in total. The van der Waals surface area contributed by atoms with Crippen molar-refractivity contribution in [2.75, 3.05) is 25.0 Å². The van der Waals surface area contributed by atoms with Gasteiger partial charge in [-0.1, -0.05) is 18.2 Å². The maximum Gasteiger partial charge on any atom is 0.335 e. The number of benzene rings is 1. The average Bonchev–Trinajstić information content (AvgIpc) is 3.12. The quantitative estimate of drug-likeness (QED) is 0.867. The summed E-state index contributed by atoms with van der Waals surface area (Å²) in [5, 5.41) is 12.3. The van der Waals surface area contributed by atoms with Crippen LogP contribution in [0.2, 0.25) is 0 Å². The lowest BCUT2D eigenvalue weighted by molar-refractivity contribution is 0.0695. The molecule has 1 aromatic carbocycles. The summed E-state index contributed by atoms with van der Waals surface area (Å²) in [6.45, 7) is 3.75. The lowest BCUT2D eigenvalue weighted by Crippen LogP contribution is -2.29. The predicted molar refractivity (Wildman–Crippen MR) is 92.9 cm³/mol. The van der Waals surface area contributed by atoms with Gasteiger partial charge in [-0.2, -0.15) is 0 Å². The first-order valence-corrected chi connectivity index (χ1v) is 8.27. The van der Waals surface area contributed by atoms with Gasteiger partial charge >= 0.3 is 5.97 Å². The molecule has 130 valence electrons. The summed E-state index contributed by atoms with van der Waals surface area (Å²) in [5.41, 5.74) is 1.53. The normalized spacial score (nSPS) is 16.7. The molecule has 1 aliphatic rings. The number of nitrogens with zero attached hydrogens (tertiary/aromatic N) is 3. The number of aromatic nitrogens is 2. The molecule has 0 bridgehead atoms. The molecule has 0 spiro atoms. The minimum atomic E-state index is -0.937. The van der Waals surface area contributed by atoms with E-state index in [0.29, 0.717) is 36.7 Å². The maximum atomic E-state index is 12.6. The van der Waals surface area contributed by atoms with Crippen LogP contribution in [0.4, 0.5) is 5.95 Å². The molecule has 7 heteroatoms. The third-order valence-electron chi connectivity index (χ3n) is 4.34. The van der Waals surface area contributed by atoms with Crippen molar-refractivity contribution in [2.45, 2.75) is 19.3 Å². The summed E-state index contributed by atoms with van der Waals surface area (Å²) in [6, 6.07) is 6.99. The van der Waals surface area contributed by atoms with Gasteiger partial charge < -0.3 is 15.3 Å². The topological polar surface area (TPSA) is 95.4 Å². The summed E-state index contributed by atoms with van der Waals surface area (Å²) in [5.74, 6) is -0.543. The number of carbonyl (C=O) groups is 2. The number of carboxylic acids is 1. The van der Waals surface area contributed by atoms with Crippen molar-refractivity contribution < 1.29 is 14.7 Å². The third kappa shape index (κ3) is 3.60. The van der Waals surface area contributed by atoms with E-state index < -0.39 is 5.97 Å². The Morgan fingerprint density at radius 1 is 1.28 bits per heavy atom. The van der Waals surface area contributed by atoms with E-state index in [4.69, 9.17) is 0 Å². The molecule has 1 amide bonds. The third-order valence-corrected chi connectivity index (χ3v) is 4.34. The number of amides is 1. The number of carbonyl (C=O) groups excluding carboxylic acids is 1. The van der Waals surface area contributed by atoms with Crippen molar-refractivity contribution >= 4 is 17.8 Å². The maximum absolute atomic E-state index is 12.6. The van der Waals surface area contributed by atoms with Crippen LogP contribution in [0.3, 0.4) is 0 Å². The molecule has 1 atom stereocenters. The molecule has 0 unspecified atom stereocenters. The van der Waals surface area contributed by atoms with Gasteiger partial charge in [0.2, 0.25) is 5.95 Å². The largest absolute Gasteiger partial charge is 0.478 e. The van der Waals surface area contributed by atoms with Gasteiger partial charge in [-0.25, -0.2) is 14.8 Å². The van der Waals surface area contributed by atoms with Gasteiger partial charge in [0.05, 0.1) is 11.1 Å². The van der Waals surface area contributed by atoms with Crippen LogP contribution >= 0.6 is 0 Å². The van der Waals surface area contributed by atoms with Crippen LogP contribution in [0.1, 0.15) is 45.5 Å². The molecule has 2 heterocycles. The van der Waals surface area contributed by atoms with Crippen LogP contribution in [-0.2, 0) is 0 Å². The molecule has 1 aliphatic heterocycles. The van der Waals surface area contributed by atoms with E-state index in [1.165, 1.54) is 12.4 Å². The highest BCUT2D eigenvalue weighted by molar-refractivity contribution is 5.94. The molecular weight excluding hydrogens is 320 g/mol. The monoisotopic (exact) mass is 340 g/mol. The first-order chi connectivity index (χ1) is 12.1. The van der Waals surface area contributed by atoms with Gasteiger partial charge in [-0.15, -0.1) is 0 Å². The molecule has 7 nitrogen and oxygen atoms in total. The summed E-state index contributed by atoms with van der Waals surface area (Å²) in [7, 11) is 0. The predicted octanol–water partition coefficient (Wildman–Crippen LogP) is 2.24. The SMILES string of the molecule is CCNc1ncc(C(=O)N2CC[C@H](c3ccccc3C(=O)O)C2)cn1. The Morgan fingerprint density at radius 2 is 2.00 bits per heavy atom. The van der Waals surface area contributed by atoms with Crippen molar-refractivity contribution in [3.63, 3.8) is 0 Å². The smallest absolute Gasteiger partial charge is 0.335 e. The molecule has 25 heavy (non-hydrogen) atoms. The Hall–Kier alpha value is -2.96. The Morgan fingerprint density at radius 3 is 2.68 bits per heavy atom. The molecule has 0 aliphatic carbocycles. The highest BCUT2D eigenvalue weighted by Crippen LogP contribution is 2.30. The van der Waals surface area contributed by atoms with E-state index >= 15 is 0 Å². The first-order valence-electron chi connectivity index (χ1n) is 8.27. The summed E-state index contributed by atoms with van der Waals surface area (Å²) in [6.07, 6.45) is 3.78. The lowest BCUT2D eigenvalue weighted by Gasteiger charge is -2.17. The molecule has 3 rings (SSSR count). The van der Waals surface area contributed by atoms with Gasteiger partial charge in [-0.3, -0.25) is 4.79 Å². The Labute approximate surface area is 145 Å². The van der Waals surface area contributed by atoms with Gasteiger partial charge in [0.1, 0.15) is 0 Å².